The standard InChI is InChI=1S/C14H21N3O/c1-2-17(10-11-4-3-5-11)14(18)12-6-7-16-13(8-12)9-15/h6-8,11H,2-5,9-10,15H2,1H3. The number of nitrogens with two attached hydrogens (primary N) is 1. The molecule has 0 saturated heterocycles. The molecule has 0 aromatic carbocycles. The molecule has 2 N–H and O–H groups in total. The normalized spacial score (nSPS) is 15.2. The summed E-state index contributed by atoms with van der Waals surface area (Å²) < 4.78 is 0. The van der Waals surface area contributed by atoms with Crippen molar-refractivity contribution in [2.45, 2.75) is 32.7 Å². The molecule has 1 aromatic heterocycles. The van der Waals surface area contributed by atoms with E-state index in [1.165, 1.54) is 19.3 Å². The van der Waals surface area contributed by atoms with Crippen LogP contribution in [0, 0.1) is 5.92 Å². The maximum atomic E-state index is 12.4. The second kappa shape index (κ2) is 5.96. The van der Waals surface area contributed by atoms with Crippen molar-refractivity contribution in [2.24, 2.45) is 11.7 Å². The molecule has 0 bridgehead atoms. The molecule has 1 aliphatic rings. The summed E-state index contributed by atoms with van der Waals surface area (Å²) in [4.78, 5) is 18.4. The van der Waals surface area contributed by atoms with E-state index >= 15 is 0 Å². The lowest BCUT2D eigenvalue weighted by molar-refractivity contribution is 0.0706. The molecule has 1 aromatic rings. The van der Waals surface area contributed by atoms with Crippen molar-refractivity contribution in [3.63, 3.8) is 0 Å². The highest BCUT2D eigenvalue weighted by Gasteiger charge is 2.23. The number of hydrogen-bond acceptors (Lipinski definition) is 3. The number of carbonyl (C=O) groups excluding carboxylic acids is 1. The number of amides is 1. The first kappa shape index (κ1) is 13.0. The topological polar surface area (TPSA) is 59.2 Å². The number of aromatic nitrogens is 1. The van der Waals surface area contributed by atoms with Crippen LogP contribution in [0.25, 0.3) is 0 Å². The SMILES string of the molecule is CCN(CC1CCC1)C(=O)c1ccnc(CN)c1. The highest BCUT2D eigenvalue weighted by molar-refractivity contribution is 5.94. The van der Waals surface area contributed by atoms with Gasteiger partial charge >= 0.3 is 0 Å². The van der Waals surface area contributed by atoms with Gasteiger partial charge < -0.3 is 10.6 Å². The molecule has 1 saturated carbocycles. The smallest absolute Gasteiger partial charge is 0.253 e. The molecule has 1 heterocycles. The van der Waals surface area contributed by atoms with E-state index in [4.69, 9.17) is 5.73 Å². The van der Waals surface area contributed by atoms with Crippen LogP contribution < -0.4 is 5.73 Å². The Morgan fingerprint density at radius 1 is 1.56 bits per heavy atom. The zero-order chi connectivity index (χ0) is 13.0. The molecule has 0 atom stereocenters. The lowest BCUT2D eigenvalue weighted by atomic mass is 9.85. The first-order valence-corrected chi connectivity index (χ1v) is 6.69. The Hall–Kier alpha value is -1.42. The van der Waals surface area contributed by atoms with Gasteiger partial charge in [0, 0.05) is 31.4 Å². The van der Waals surface area contributed by atoms with Crippen LogP contribution in [-0.2, 0) is 6.54 Å². The van der Waals surface area contributed by atoms with Crippen LogP contribution in [0.1, 0.15) is 42.2 Å². The monoisotopic (exact) mass is 247 g/mol. The Bertz CT molecular complexity index is 415. The quantitative estimate of drug-likeness (QED) is 0.863. The van der Waals surface area contributed by atoms with Crippen molar-refractivity contribution in [2.75, 3.05) is 13.1 Å². The molecule has 18 heavy (non-hydrogen) atoms. The van der Waals surface area contributed by atoms with Crippen molar-refractivity contribution in [3.8, 4) is 0 Å². The van der Waals surface area contributed by atoms with Crippen LogP contribution in [0.15, 0.2) is 18.3 Å². The van der Waals surface area contributed by atoms with Gasteiger partial charge in [0.15, 0.2) is 0 Å². The van der Waals surface area contributed by atoms with E-state index < -0.39 is 0 Å². The first-order chi connectivity index (χ1) is 8.74. The number of carbonyl (C=O) groups is 1. The highest BCUT2D eigenvalue weighted by atomic mass is 16.2. The predicted octanol–water partition coefficient (Wildman–Crippen LogP) is 1.80. The van der Waals surface area contributed by atoms with Crippen LogP contribution in [0.4, 0.5) is 0 Å². The second-order valence-corrected chi connectivity index (χ2v) is 4.88. The van der Waals surface area contributed by atoms with E-state index in [9.17, 15) is 4.79 Å². The third-order valence-electron chi connectivity index (χ3n) is 3.64. The molecule has 1 amide bonds. The van der Waals surface area contributed by atoms with Gasteiger partial charge in [0.2, 0.25) is 0 Å². The van der Waals surface area contributed by atoms with Gasteiger partial charge in [-0.2, -0.15) is 0 Å². The average molecular weight is 247 g/mol. The van der Waals surface area contributed by atoms with Gasteiger partial charge in [-0.3, -0.25) is 9.78 Å². The van der Waals surface area contributed by atoms with E-state index in [0.29, 0.717) is 18.0 Å². The summed E-state index contributed by atoms with van der Waals surface area (Å²) in [6, 6.07) is 3.57. The Morgan fingerprint density at radius 2 is 2.33 bits per heavy atom. The van der Waals surface area contributed by atoms with Gasteiger partial charge in [-0.25, -0.2) is 0 Å². The van der Waals surface area contributed by atoms with Gasteiger partial charge in [0.05, 0.1) is 5.69 Å². The molecular formula is C14H21N3O. The van der Waals surface area contributed by atoms with Crippen molar-refractivity contribution < 1.29 is 4.79 Å². The van der Waals surface area contributed by atoms with Crippen LogP contribution in [-0.4, -0.2) is 28.9 Å². The zero-order valence-corrected chi connectivity index (χ0v) is 10.9. The fourth-order valence-electron chi connectivity index (χ4n) is 2.25. The van der Waals surface area contributed by atoms with Crippen LogP contribution in [0.5, 0.6) is 0 Å². The Kier molecular flexibility index (Phi) is 4.31. The predicted molar refractivity (Wildman–Crippen MR) is 71.0 cm³/mol. The minimum absolute atomic E-state index is 0.0986. The maximum absolute atomic E-state index is 12.4. The summed E-state index contributed by atoms with van der Waals surface area (Å²) in [5.74, 6) is 0.797. The number of pyridine rings is 1. The fraction of sp³-hybridized carbons (Fsp3) is 0.571. The molecule has 2 rings (SSSR count). The molecule has 98 valence electrons. The Labute approximate surface area is 108 Å². The van der Waals surface area contributed by atoms with Gasteiger partial charge in [-0.1, -0.05) is 6.42 Å². The molecule has 1 aliphatic carbocycles. The summed E-state index contributed by atoms with van der Waals surface area (Å²) in [5.41, 5.74) is 7.02. The molecule has 0 aliphatic heterocycles. The molecule has 4 heteroatoms. The second-order valence-electron chi connectivity index (χ2n) is 4.88. The Balaban J connectivity index is 2.06. The number of hydrogen-bond donors (Lipinski definition) is 1. The number of nitrogens with zero attached hydrogens (tertiary/aromatic N) is 2. The van der Waals surface area contributed by atoms with E-state index in [0.717, 1.165) is 18.8 Å². The lowest BCUT2D eigenvalue weighted by Crippen LogP contribution is -2.37. The largest absolute Gasteiger partial charge is 0.339 e. The summed E-state index contributed by atoms with van der Waals surface area (Å²) >= 11 is 0. The number of rotatable bonds is 5. The van der Waals surface area contributed by atoms with E-state index in [-0.39, 0.29) is 5.91 Å². The van der Waals surface area contributed by atoms with Gasteiger partial charge in [-0.15, -0.1) is 0 Å². The van der Waals surface area contributed by atoms with Gasteiger partial charge in [0.1, 0.15) is 0 Å². The van der Waals surface area contributed by atoms with Crippen molar-refractivity contribution in [1.82, 2.24) is 9.88 Å². The summed E-state index contributed by atoms with van der Waals surface area (Å²) in [7, 11) is 0. The third-order valence-corrected chi connectivity index (χ3v) is 3.64. The average Bonchev–Trinajstić information content (AvgIpc) is 2.37. The van der Waals surface area contributed by atoms with Crippen LogP contribution in [0.2, 0.25) is 0 Å². The zero-order valence-electron chi connectivity index (χ0n) is 10.9. The summed E-state index contributed by atoms with van der Waals surface area (Å²) in [6.07, 6.45) is 5.48. The van der Waals surface area contributed by atoms with E-state index in [1.54, 1.807) is 18.3 Å². The lowest BCUT2D eigenvalue weighted by Gasteiger charge is -2.31. The molecular weight excluding hydrogens is 226 g/mol. The molecule has 4 nitrogen and oxygen atoms in total. The van der Waals surface area contributed by atoms with Gasteiger partial charge in [0.25, 0.3) is 5.91 Å². The van der Waals surface area contributed by atoms with Gasteiger partial charge in [-0.05, 0) is 37.8 Å². The van der Waals surface area contributed by atoms with Crippen LogP contribution >= 0.6 is 0 Å². The highest BCUT2D eigenvalue weighted by Crippen LogP contribution is 2.27. The molecule has 0 radical (unpaired) electrons. The Morgan fingerprint density at radius 3 is 2.89 bits per heavy atom. The van der Waals surface area contributed by atoms with Crippen LogP contribution in [0.3, 0.4) is 0 Å². The molecule has 0 unspecified atom stereocenters. The van der Waals surface area contributed by atoms with E-state index in [2.05, 4.69) is 4.98 Å². The molecule has 1 fully saturated rings. The third kappa shape index (κ3) is 2.88. The summed E-state index contributed by atoms with van der Waals surface area (Å²) in [6.45, 7) is 4.04. The van der Waals surface area contributed by atoms with E-state index in [1.807, 2.05) is 11.8 Å². The minimum Gasteiger partial charge on any atom is -0.339 e. The first-order valence-electron chi connectivity index (χ1n) is 6.69. The molecule has 0 spiro atoms. The fourth-order valence-corrected chi connectivity index (χ4v) is 2.25. The van der Waals surface area contributed by atoms with Crippen molar-refractivity contribution in [3.05, 3.63) is 29.6 Å². The maximum Gasteiger partial charge on any atom is 0.253 e. The minimum atomic E-state index is 0.0986. The summed E-state index contributed by atoms with van der Waals surface area (Å²) in [5, 5.41) is 0. The van der Waals surface area contributed by atoms with Crippen molar-refractivity contribution in [1.29, 1.82) is 0 Å². The van der Waals surface area contributed by atoms with Crippen molar-refractivity contribution >= 4 is 5.91 Å².